The SMILES string of the molecule is CC(C)n1c(CNC(=O)CN2C(=O)c3ccccc3Sc3ncccc32)nc2ccccc21. The lowest BCUT2D eigenvalue weighted by molar-refractivity contribution is -0.119. The van der Waals surface area contributed by atoms with E-state index in [-0.39, 0.29) is 30.9 Å². The van der Waals surface area contributed by atoms with Gasteiger partial charge in [0.05, 0.1) is 28.8 Å². The van der Waals surface area contributed by atoms with Crippen molar-refractivity contribution in [2.45, 2.75) is 36.4 Å². The van der Waals surface area contributed by atoms with E-state index in [1.165, 1.54) is 16.7 Å². The average Bonchev–Trinajstić information content (AvgIpc) is 3.15. The van der Waals surface area contributed by atoms with E-state index in [9.17, 15) is 9.59 Å². The number of para-hydroxylation sites is 2. The molecule has 0 spiro atoms. The number of rotatable bonds is 5. The van der Waals surface area contributed by atoms with Crippen molar-refractivity contribution in [3.63, 3.8) is 0 Å². The van der Waals surface area contributed by atoms with Crippen LogP contribution in [0.4, 0.5) is 5.69 Å². The van der Waals surface area contributed by atoms with Gasteiger partial charge in [-0.2, -0.15) is 0 Å². The molecule has 0 saturated carbocycles. The number of benzene rings is 2. The molecule has 2 aromatic carbocycles. The third-order valence-electron chi connectivity index (χ3n) is 5.54. The van der Waals surface area contributed by atoms with Gasteiger partial charge in [-0.15, -0.1) is 0 Å². The molecule has 5 rings (SSSR count). The standard InChI is InChI=1S/C25H23N5O2S/c1-16(2)30-19-10-5-4-9-18(19)28-22(30)14-27-23(31)15-29-20-11-7-13-26-24(20)33-21-12-6-3-8-17(21)25(29)32/h3-13,16H,14-15H2,1-2H3,(H,27,31). The first-order chi connectivity index (χ1) is 16.0. The number of pyridine rings is 1. The zero-order valence-corrected chi connectivity index (χ0v) is 19.2. The van der Waals surface area contributed by atoms with Crippen molar-refractivity contribution in [2.75, 3.05) is 11.4 Å². The number of imidazole rings is 1. The second-order valence-electron chi connectivity index (χ2n) is 8.07. The monoisotopic (exact) mass is 457 g/mol. The summed E-state index contributed by atoms with van der Waals surface area (Å²) in [6.45, 7) is 4.36. The third kappa shape index (κ3) is 3.98. The number of hydrogen-bond acceptors (Lipinski definition) is 5. The van der Waals surface area contributed by atoms with Gasteiger partial charge < -0.3 is 9.88 Å². The number of fused-ring (bicyclic) bond motifs is 3. The van der Waals surface area contributed by atoms with Crippen LogP contribution < -0.4 is 10.2 Å². The van der Waals surface area contributed by atoms with Crippen molar-refractivity contribution in [3.8, 4) is 0 Å². The predicted molar refractivity (Wildman–Crippen MR) is 128 cm³/mol. The van der Waals surface area contributed by atoms with Crippen molar-refractivity contribution in [2.24, 2.45) is 0 Å². The second-order valence-corrected chi connectivity index (χ2v) is 9.11. The zero-order valence-electron chi connectivity index (χ0n) is 18.4. The van der Waals surface area contributed by atoms with E-state index >= 15 is 0 Å². The molecule has 0 radical (unpaired) electrons. The number of carbonyl (C=O) groups is 2. The first-order valence-electron chi connectivity index (χ1n) is 10.8. The summed E-state index contributed by atoms with van der Waals surface area (Å²) in [6, 6.07) is 19.1. The normalized spacial score (nSPS) is 13.1. The molecule has 1 N–H and O–H groups in total. The molecule has 8 heteroatoms. The molecule has 0 saturated heterocycles. The van der Waals surface area contributed by atoms with Crippen LogP contribution >= 0.6 is 11.8 Å². The minimum Gasteiger partial charge on any atom is -0.347 e. The number of carbonyl (C=O) groups excluding carboxylic acids is 2. The minimum atomic E-state index is -0.259. The van der Waals surface area contributed by atoms with Gasteiger partial charge >= 0.3 is 0 Å². The maximum absolute atomic E-state index is 13.4. The molecular weight excluding hydrogens is 434 g/mol. The van der Waals surface area contributed by atoms with Crippen molar-refractivity contribution < 1.29 is 9.59 Å². The van der Waals surface area contributed by atoms with Crippen molar-refractivity contribution in [1.82, 2.24) is 19.9 Å². The summed E-state index contributed by atoms with van der Waals surface area (Å²) in [6.07, 6.45) is 1.69. The molecule has 1 aliphatic rings. The van der Waals surface area contributed by atoms with Crippen molar-refractivity contribution in [1.29, 1.82) is 0 Å². The van der Waals surface area contributed by atoms with E-state index in [0.29, 0.717) is 16.3 Å². The number of hydrogen-bond donors (Lipinski definition) is 1. The highest BCUT2D eigenvalue weighted by molar-refractivity contribution is 7.99. The zero-order chi connectivity index (χ0) is 22.9. The smallest absolute Gasteiger partial charge is 0.259 e. The minimum absolute atomic E-state index is 0.103. The van der Waals surface area contributed by atoms with Crippen LogP contribution in [0.1, 0.15) is 36.1 Å². The molecule has 0 fully saturated rings. The summed E-state index contributed by atoms with van der Waals surface area (Å²) in [5.74, 6) is 0.309. The average molecular weight is 458 g/mol. The summed E-state index contributed by atoms with van der Waals surface area (Å²) in [5, 5.41) is 3.65. The first kappa shape index (κ1) is 21.2. The highest BCUT2D eigenvalue weighted by Gasteiger charge is 2.29. The number of nitrogens with zero attached hydrogens (tertiary/aromatic N) is 4. The Kier molecular flexibility index (Phi) is 5.60. The number of aromatic nitrogens is 3. The van der Waals surface area contributed by atoms with E-state index in [1.807, 2.05) is 48.5 Å². The molecule has 3 heterocycles. The predicted octanol–water partition coefficient (Wildman–Crippen LogP) is 4.44. The lowest BCUT2D eigenvalue weighted by Gasteiger charge is -2.22. The Labute approximate surface area is 195 Å². The van der Waals surface area contributed by atoms with E-state index in [1.54, 1.807) is 18.3 Å². The van der Waals surface area contributed by atoms with E-state index in [4.69, 9.17) is 4.98 Å². The van der Waals surface area contributed by atoms with Gasteiger partial charge in [0, 0.05) is 17.1 Å². The number of amides is 2. The molecule has 1 aliphatic heterocycles. The molecule has 0 unspecified atom stereocenters. The van der Waals surface area contributed by atoms with Gasteiger partial charge in [0.1, 0.15) is 17.4 Å². The lowest BCUT2D eigenvalue weighted by Crippen LogP contribution is -2.41. The Balaban J connectivity index is 1.39. The highest BCUT2D eigenvalue weighted by atomic mass is 32.2. The van der Waals surface area contributed by atoms with Crippen molar-refractivity contribution >= 4 is 40.3 Å². The molecule has 0 aliphatic carbocycles. The molecule has 33 heavy (non-hydrogen) atoms. The molecule has 0 bridgehead atoms. The number of nitrogens with one attached hydrogen (secondary N) is 1. The van der Waals surface area contributed by atoms with Crippen LogP contribution in [0, 0.1) is 0 Å². The summed E-state index contributed by atoms with van der Waals surface area (Å²) in [5.41, 5.74) is 3.13. The Morgan fingerprint density at radius 2 is 1.85 bits per heavy atom. The van der Waals surface area contributed by atoms with Crippen LogP contribution in [0.25, 0.3) is 11.0 Å². The largest absolute Gasteiger partial charge is 0.347 e. The van der Waals surface area contributed by atoms with Gasteiger partial charge in [-0.1, -0.05) is 36.0 Å². The van der Waals surface area contributed by atoms with Gasteiger partial charge in [-0.25, -0.2) is 9.97 Å². The van der Waals surface area contributed by atoms with Crippen molar-refractivity contribution in [3.05, 3.63) is 78.2 Å². The fourth-order valence-electron chi connectivity index (χ4n) is 4.09. The Bertz CT molecular complexity index is 1360. The van der Waals surface area contributed by atoms with Crippen LogP contribution in [0.5, 0.6) is 0 Å². The molecule has 166 valence electrons. The summed E-state index contributed by atoms with van der Waals surface area (Å²) in [4.78, 5) is 37.8. The topological polar surface area (TPSA) is 80.1 Å². The van der Waals surface area contributed by atoms with Gasteiger partial charge in [0.15, 0.2) is 0 Å². The maximum Gasteiger partial charge on any atom is 0.259 e. The summed E-state index contributed by atoms with van der Waals surface area (Å²) in [7, 11) is 0. The Hall–Kier alpha value is -3.65. The molecule has 0 atom stereocenters. The van der Waals surface area contributed by atoms with Crippen LogP contribution in [0.15, 0.2) is 76.8 Å². The van der Waals surface area contributed by atoms with Crippen LogP contribution in [-0.4, -0.2) is 32.9 Å². The van der Waals surface area contributed by atoms with E-state index < -0.39 is 0 Å². The Morgan fingerprint density at radius 1 is 1.06 bits per heavy atom. The molecule has 2 amide bonds. The number of anilines is 1. The molecule has 7 nitrogen and oxygen atoms in total. The van der Waals surface area contributed by atoms with E-state index in [0.717, 1.165) is 21.8 Å². The fourth-order valence-corrected chi connectivity index (χ4v) is 5.10. The third-order valence-corrected chi connectivity index (χ3v) is 6.63. The van der Waals surface area contributed by atoms with E-state index in [2.05, 4.69) is 28.7 Å². The second kappa shape index (κ2) is 8.71. The highest BCUT2D eigenvalue weighted by Crippen LogP contribution is 2.39. The van der Waals surface area contributed by atoms with Gasteiger partial charge in [0.25, 0.3) is 5.91 Å². The van der Waals surface area contributed by atoms with Gasteiger partial charge in [-0.05, 0) is 50.2 Å². The molecular formula is C25H23N5O2S. The van der Waals surface area contributed by atoms with Gasteiger partial charge in [-0.3, -0.25) is 14.5 Å². The maximum atomic E-state index is 13.4. The van der Waals surface area contributed by atoms with Gasteiger partial charge in [0.2, 0.25) is 5.91 Å². The van der Waals surface area contributed by atoms with Crippen LogP contribution in [0.3, 0.4) is 0 Å². The molecule has 2 aromatic heterocycles. The summed E-state index contributed by atoms with van der Waals surface area (Å²) < 4.78 is 2.12. The van der Waals surface area contributed by atoms with Crippen LogP contribution in [-0.2, 0) is 11.3 Å². The lowest BCUT2D eigenvalue weighted by atomic mass is 10.2. The quantitative estimate of drug-likeness (QED) is 0.479. The first-order valence-corrected chi connectivity index (χ1v) is 11.6. The molecule has 4 aromatic rings. The fraction of sp³-hybridized carbons (Fsp3) is 0.200. The summed E-state index contributed by atoms with van der Waals surface area (Å²) >= 11 is 1.44. The van der Waals surface area contributed by atoms with Crippen LogP contribution in [0.2, 0.25) is 0 Å². The Morgan fingerprint density at radius 3 is 2.70 bits per heavy atom.